The summed E-state index contributed by atoms with van der Waals surface area (Å²) in [5.41, 5.74) is 6.43. The number of hydrogen-bond donors (Lipinski definition) is 1. The first-order valence-electron chi connectivity index (χ1n) is 3.51. The Labute approximate surface area is 66.5 Å². The number of ether oxygens (including phenoxy) is 2. The predicted octanol–water partition coefficient (Wildman–Crippen LogP) is 0.778. The van der Waals surface area contributed by atoms with E-state index in [0.717, 1.165) is 17.9 Å². The van der Waals surface area contributed by atoms with Crippen molar-refractivity contribution < 1.29 is 9.47 Å². The number of methoxy groups -OCH3 is 2. The van der Waals surface area contributed by atoms with Gasteiger partial charge in [-0.05, 0) is 6.08 Å². The standard InChI is InChI=1S/C8H13NO2/c1-10-6-3-4-8(11-2)7(9)5-6/h3-4,6H,5,9H2,1-2H3. The molecule has 0 amide bonds. The van der Waals surface area contributed by atoms with Crippen LogP contribution in [0.3, 0.4) is 0 Å². The maximum atomic E-state index is 5.68. The Morgan fingerprint density at radius 3 is 2.73 bits per heavy atom. The van der Waals surface area contributed by atoms with Crippen molar-refractivity contribution in [2.45, 2.75) is 12.5 Å². The summed E-state index contributed by atoms with van der Waals surface area (Å²) >= 11 is 0. The fourth-order valence-electron chi connectivity index (χ4n) is 1.05. The summed E-state index contributed by atoms with van der Waals surface area (Å²) in [4.78, 5) is 0. The first-order valence-corrected chi connectivity index (χ1v) is 3.51. The van der Waals surface area contributed by atoms with E-state index in [4.69, 9.17) is 15.2 Å². The van der Waals surface area contributed by atoms with E-state index in [1.807, 2.05) is 12.2 Å². The second-order valence-corrected chi connectivity index (χ2v) is 2.43. The molecule has 1 atom stereocenters. The van der Waals surface area contributed by atoms with Crippen LogP contribution in [0.2, 0.25) is 0 Å². The summed E-state index contributed by atoms with van der Waals surface area (Å²) in [6.07, 6.45) is 4.60. The maximum Gasteiger partial charge on any atom is 0.137 e. The molecule has 0 aromatic carbocycles. The van der Waals surface area contributed by atoms with Crippen molar-refractivity contribution in [1.29, 1.82) is 0 Å². The van der Waals surface area contributed by atoms with Crippen LogP contribution in [0.5, 0.6) is 0 Å². The first kappa shape index (κ1) is 8.14. The molecule has 0 saturated carbocycles. The summed E-state index contributed by atoms with van der Waals surface area (Å²) in [6.45, 7) is 0. The molecule has 0 spiro atoms. The Kier molecular flexibility index (Phi) is 2.54. The zero-order chi connectivity index (χ0) is 8.27. The van der Waals surface area contributed by atoms with Gasteiger partial charge in [-0.2, -0.15) is 0 Å². The van der Waals surface area contributed by atoms with Crippen molar-refractivity contribution in [3.05, 3.63) is 23.6 Å². The molecule has 0 aliphatic heterocycles. The van der Waals surface area contributed by atoms with Crippen LogP contribution in [0.15, 0.2) is 23.6 Å². The van der Waals surface area contributed by atoms with Gasteiger partial charge in [0.15, 0.2) is 0 Å². The van der Waals surface area contributed by atoms with Crippen LogP contribution in [-0.2, 0) is 9.47 Å². The average molecular weight is 155 g/mol. The van der Waals surface area contributed by atoms with E-state index in [1.165, 1.54) is 0 Å². The van der Waals surface area contributed by atoms with Crippen molar-refractivity contribution in [1.82, 2.24) is 0 Å². The molecule has 0 bridgehead atoms. The highest BCUT2D eigenvalue weighted by Gasteiger charge is 2.13. The molecule has 11 heavy (non-hydrogen) atoms. The molecule has 0 saturated heterocycles. The van der Waals surface area contributed by atoms with Gasteiger partial charge in [0.25, 0.3) is 0 Å². The van der Waals surface area contributed by atoms with Gasteiger partial charge in [-0.3, -0.25) is 0 Å². The Morgan fingerprint density at radius 2 is 2.27 bits per heavy atom. The Balaban J connectivity index is 2.66. The van der Waals surface area contributed by atoms with Gasteiger partial charge < -0.3 is 15.2 Å². The molecule has 1 unspecified atom stereocenters. The topological polar surface area (TPSA) is 44.5 Å². The summed E-state index contributed by atoms with van der Waals surface area (Å²) in [7, 11) is 3.28. The molecule has 1 rings (SSSR count). The van der Waals surface area contributed by atoms with Crippen molar-refractivity contribution in [2.75, 3.05) is 14.2 Å². The van der Waals surface area contributed by atoms with E-state index < -0.39 is 0 Å². The van der Waals surface area contributed by atoms with E-state index in [0.29, 0.717) is 0 Å². The third kappa shape index (κ3) is 1.74. The molecule has 0 heterocycles. The van der Waals surface area contributed by atoms with Gasteiger partial charge in [0.1, 0.15) is 5.76 Å². The third-order valence-electron chi connectivity index (χ3n) is 1.72. The third-order valence-corrected chi connectivity index (χ3v) is 1.72. The van der Waals surface area contributed by atoms with Crippen molar-refractivity contribution in [3.8, 4) is 0 Å². The van der Waals surface area contributed by atoms with Gasteiger partial charge in [0, 0.05) is 13.5 Å². The van der Waals surface area contributed by atoms with Crippen LogP contribution < -0.4 is 5.73 Å². The zero-order valence-corrected chi connectivity index (χ0v) is 6.83. The second-order valence-electron chi connectivity index (χ2n) is 2.43. The minimum atomic E-state index is 0.105. The van der Waals surface area contributed by atoms with E-state index >= 15 is 0 Å². The second kappa shape index (κ2) is 3.44. The Hall–Kier alpha value is -0.960. The lowest BCUT2D eigenvalue weighted by Gasteiger charge is -2.17. The highest BCUT2D eigenvalue weighted by Crippen LogP contribution is 2.16. The number of hydrogen-bond acceptors (Lipinski definition) is 3. The molecule has 0 radical (unpaired) electrons. The van der Waals surface area contributed by atoms with Crippen molar-refractivity contribution in [3.63, 3.8) is 0 Å². The normalized spacial score (nSPS) is 24.0. The van der Waals surface area contributed by atoms with E-state index in [-0.39, 0.29) is 6.10 Å². The Morgan fingerprint density at radius 1 is 1.55 bits per heavy atom. The van der Waals surface area contributed by atoms with Gasteiger partial charge in [-0.15, -0.1) is 0 Å². The fraction of sp³-hybridized carbons (Fsp3) is 0.500. The lowest BCUT2D eigenvalue weighted by atomic mass is 10.1. The highest BCUT2D eigenvalue weighted by atomic mass is 16.5. The molecule has 0 aromatic heterocycles. The van der Waals surface area contributed by atoms with Crippen LogP contribution in [0.4, 0.5) is 0 Å². The van der Waals surface area contributed by atoms with Gasteiger partial charge in [0.2, 0.25) is 0 Å². The highest BCUT2D eigenvalue weighted by molar-refractivity contribution is 5.24. The van der Waals surface area contributed by atoms with E-state index in [2.05, 4.69) is 0 Å². The zero-order valence-electron chi connectivity index (χ0n) is 6.83. The van der Waals surface area contributed by atoms with Crippen LogP contribution in [0.25, 0.3) is 0 Å². The van der Waals surface area contributed by atoms with Crippen LogP contribution in [-0.4, -0.2) is 20.3 Å². The van der Waals surface area contributed by atoms with Gasteiger partial charge in [-0.25, -0.2) is 0 Å². The first-order chi connectivity index (χ1) is 5.27. The molecule has 62 valence electrons. The Bertz CT molecular complexity index is 196. The van der Waals surface area contributed by atoms with Gasteiger partial charge in [0.05, 0.1) is 18.9 Å². The van der Waals surface area contributed by atoms with Crippen molar-refractivity contribution >= 4 is 0 Å². The summed E-state index contributed by atoms with van der Waals surface area (Å²) < 4.78 is 10.1. The molecule has 0 aromatic rings. The average Bonchev–Trinajstić information content (AvgIpc) is 2.04. The molecule has 1 aliphatic carbocycles. The number of nitrogens with two attached hydrogens (primary N) is 1. The molecule has 3 nitrogen and oxygen atoms in total. The molecule has 2 N–H and O–H groups in total. The van der Waals surface area contributed by atoms with Crippen LogP contribution in [0.1, 0.15) is 6.42 Å². The quantitative estimate of drug-likeness (QED) is 0.640. The van der Waals surface area contributed by atoms with E-state index in [1.54, 1.807) is 14.2 Å². The van der Waals surface area contributed by atoms with Crippen LogP contribution >= 0.6 is 0 Å². The van der Waals surface area contributed by atoms with Gasteiger partial charge >= 0.3 is 0 Å². The number of rotatable bonds is 2. The predicted molar refractivity (Wildman–Crippen MR) is 42.8 cm³/mol. The fourth-order valence-corrected chi connectivity index (χ4v) is 1.05. The van der Waals surface area contributed by atoms with E-state index in [9.17, 15) is 0 Å². The summed E-state index contributed by atoms with van der Waals surface area (Å²) in [6, 6.07) is 0. The smallest absolute Gasteiger partial charge is 0.137 e. The lowest BCUT2D eigenvalue weighted by molar-refractivity contribution is 0.136. The molecule has 1 aliphatic rings. The monoisotopic (exact) mass is 155 g/mol. The molecule has 0 fully saturated rings. The number of allylic oxidation sites excluding steroid dienone is 1. The molecular formula is C8H13NO2. The SMILES string of the molecule is COC1=C(N)CC(OC)C=C1. The molecule has 3 heteroatoms. The minimum Gasteiger partial charge on any atom is -0.495 e. The summed E-state index contributed by atoms with van der Waals surface area (Å²) in [5, 5.41) is 0. The molecular weight excluding hydrogens is 142 g/mol. The summed E-state index contributed by atoms with van der Waals surface area (Å²) in [5.74, 6) is 0.748. The minimum absolute atomic E-state index is 0.105. The maximum absolute atomic E-state index is 5.68. The van der Waals surface area contributed by atoms with Crippen molar-refractivity contribution in [2.24, 2.45) is 5.73 Å². The van der Waals surface area contributed by atoms with Gasteiger partial charge in [-0.1, -0.05) is 6.08 Å². The van der Waals surface area contributed by atoms with Crippen LogP contribution in [0, 0.1) is 0 Å². The largest absolute Gasteiger partial charge is 0.495 e. The lowest BCUT2D eigenvalue weighted by Crippen LogP contribution is -2.17.